The van der Waals surface area contributed by atoms with E-state index in [1.807, 2.05) is 73.3 Å². The van der Waals surface area contributed by atoms with Crippen LogP contribution in [0.3, 0.4) is 0 Å². The van der Waals surface area contributed by atoms with Gasteiger partial charge in [-0.05, 0) is 50.5 Å². The zero-order chi connectivity index (χ0) is 19.7. The van der Waals surface area contributed by atoms with Gasteiger partial charge < -0.3 is 10.2 Å². The molecule has 1 aliphatic carbocycles. The van der Waals surface area contributed by atoms with Crippen molar-refractivity contribution in [3.8, 4) is 0 Å². The molecular weight excluding hydrogens is 348 g/mol. The number of amides is 2. The molecule has 2 aromatic carbocycles. The Morgan fingerprint density at radius 1 is 1.00 bits per heavy atom. The van der Waals surface area contributed by atoms with Gasteiger partial charge in [0.1, 0.15) is 0 Å². The average molecular weight is 377 g/mol. The smallest absolute Gasteiger partial charge is 0.259 e. The first kappa shape index (κ1) is 18.7. The molecule has 0 saturated heterocycles. The molecule has 2 amide bonds. The Kier molecular flexibility index (Phi) is 4.96. The van der Waals surface area contributed by atoms with Crippen molar-refractivity contribution in [3.63, 3.8) is 0 Å². The standard InChI is InChI=1S/C24H28N2O2/c1-17(2)25-22(27)21-19-13-7-8-14-20(19)23(28)26(18-11-5-3-6-12-18)24(21)15-9-4-10-16-24/h3,5-8,11-14,17,21H,4,9-10,15-16H2,1-2H3,(H,25,27)/t21-/m1/s1. The van der Waals surface area contributed by atoms with Crippen LogP contribution in [0.15, 0.2) is 54.6 Å². The fraction of sp³-hybridized carbons (Fsp3) is 0.417. The molecule has 1 saturated carbocycles. The van der Waals surface area contributed by atoms with Gasteiger partial charge in [0.2, 0.25) is 5.91 Å². The molecule has 0 bridgehead atoms. The highest BCUT2D eigenvalue weighted by molar-refractivity contribution is 6.12. The number of carbonyl (C=O) groups is 2. The van der Waals surface area contributed by atoms with E-state index in [9.17, 15) is 9.59 Å². The largest absolute Gasteiger partial charge is 0.353 e. The molecule has 1 aliphatic heterocycles. The van der Waals surface area contributed by atoms with Crippen molar-refractivity contribution in [1.29, 1.82) is 0 Å². The van der Waals surface area contributed by atoms with Gasteiger partial charge in [-0.15, -0.1) is 0 Å². The summed E-state index contributed by atoms with van der Waals surface area (Å²) >= 11 is 0. The summed E-state index contributed by atoms with van der Waals surface area (Å²) in [5, 5.41) is 3.13. The number of hydrogen-bond donors (Lipinski definition) is 1. The van der Waals surface area contributed by atoms with Crippen molar-refractivity contribution in [2.45, 2.75) is 63.5 Å². The Labute approximate surface area is 166 Å². The summed E-state index contributed by atoms with van der Waals surface area (Å²) in [4.78, 5) is 29.1. The Morgan fingerprint density at radius 3 is 2.32 bits per heavy atom. The van der Waals surface area contributed by atoms with E-state index in [1.165, 1.54) is 0 Å². The van der Waals surface area contributed by atoms with E-state index in [-0.39, 0.29) is 23.8 Å². The van der Waals surface area contributed by atoms with Gasteiger partial charge >= 0.3 is 0 Å². The van der Waals surface area contributed by atoms with Crippen molar-refractivity contribution in [3.05, 3.63) is 65.7 Å². The van der Waals surface area contributed by atoms with E-state index in [1.54, 1.807) is 0 Å². The normalized spacial score (nSPS) is 20.9. The predicted octanol–water partition coefficient (Wildman–Crippen LogP) is 4.66. The molecule has 1 N–H and O–H groups in total. The highest BCUT2D eigenvalue weighted by Gasteiger charge is 2.55. The van der Waals surface area contributed by atoms with Crippen LogP contribution in [0.1, 0.15) is 67.8 Å². The molecule has 4 heteroatoms. The minimum Gasteiger partial charge on any atom is -0.353 e. The van der Waals surface area contributed by atoms with Crippen molar-refractivity contribution < 1.29 is 9.59 Å². The third kappa shape index (κ3) is 3.01. The summed E-state index contributed by atoms with van der Waals surface area (Å²) in [6.07, 6.45) is 4.91. The van der Waals surface area contributed by atoms with Crippen LogP contribution in [-0.2, 0) is 4.79 Å². The molecule has 2 aromatic rings. The zero-order valence-electron chi connectivity index (χ0n) is 16.7. The minimum atomic E-state index is -0.510. The number of fused-ring (bicyclic) bond motifs is 1. The van der Waals surface area contributed by atoms with Crippen LogP contribution in [0.5, 0.6) is 0 Å². The van der Waals surface area contributed by atoms with Gasteiger partial charge in [0.15, 0.2) is 0 Å². The molecule has 1 fully saturated rings. The number of anilines is 1. The van der Waals surface area contributed by atoms with E-state index in [4.69, 9.17) is 0 Å². The molecule has 0 unspecified atom stereocenters. The first-order chi connectivity index (χ1) is 13.5. The molecule has 0 radical (unpaired) electrons. The average Bonchev–Trinajstić information content (AvgIpc) is 2.69. The lowest BCUT2D eigenvalue weighted by Crippen LogP contribution is -2.63. The van der Waals surface area contributed by atoms with Crippen molar-refractivity contribution in [2.24, 2.45) is 0 Å². The molecule has 0 aromatic heterocycles. The minimum absolute atomic E-state index is 0.0114. The highest BCUT2D eigenvalue weighted by Crippen LogP contribution is 2.50. The molecule has 2 aliphatic rings. The number of carbonyl (C=O) groups excluding carboxylic acids is 2. The molecule has 146 valence electrons. The first-order valence-electron chi connectivity index (χ1n) is 10.3. The fourth-order valence-corrected chi connectivity index (χ4v) is 5.07. The predicted molar refractivity (Wildman–Crippen MR) is 112 cm³/mol. The van der Waals surface area contributed by atoms with E-state index >= 15 is 0 Å². The number of rotatable bonds is 3. The zero-order valence-corrected chi connectivity index (χ0v) is 16.7. The topological polar surface area (TPSA) is 49.4 Å². The lowest BCUT2D eigenvalue weighted by atomic mass is 9.65. The second-order valence-corrected chi connectivity index (χ2v) is 8.32. The quantitative estimate of drug-likeness (QED) is 0.847. The summed E-state index contributed by atoms with van der Waals surface area (Å²) < 4.78 is 0. The first-order valence-corrected chi connectivity index (χ1v) is 10.3. The van der Waals surface area contributed by atoms with Crippen molar-refractivity contribution in [2.75, 3.05) is 4.90 Å². The monoisotopic (exact) mass is 376 g/mol. The van der Waals surface area contributed by atoms with Gasteiger partial charge in [0.05, 0.1) is 11.5 Å². The Morgan fingerprint density at radius 2 is 1.64 bits per heavy atom. The van der Waals surface area contributed by atoms with Crippen LogP contribution in [0.25, 0.3) is 0 Å². The molecular formula is C24H28N2O2. The van der Waals surface area contributed by atoms with E-state index in [2.05, 4.69) is 5.32 Å². The third-order valence-corrected chi connectivity index (χ3v) is 6.11. The van der Waals surface area contributed by atoms with Crippen molar-refractivity contribution >= 4 is 17.5 Å². The van der Waals surface area contributed by atoms with Crippen LogP contribution < -0.4 is 10.2 Å². The van der Waals surface area contributed by atoms with E-state index < -0.39 is 5.54 Å². The Hall–Kier alpha value is -2.62. The fourth-order valence-electron chi connectivity index (χ4n) is 5.07. The second-order valence-electron chi connectivity index (χ2n) is 8.32. The van der Waals surface area contributed by atoms with E-state index in [0.717, 1.165) is 43.4 Å². The van der Waals surface area contributed by atoms with Crippen LogP contribution in [0.4, 0.5) is 5.69 Å². The van der Waals surface area contributed by atoms with Crippen LogP contribution in [-0.4, -0.2) is 23.4 Å². The van der Waals surface area contributed by atoms with Crippen molar-refractivity contribution in [1.82, 2.24) is 5.32 Å². The summed E-state index contributed by atoms with van der Waals surface area (Å²) in [6, 6.07) is 17.6. The summed E-state index contributed by atoms with van der Waals surface area (Å²) in [6.45, 7) is 3.97. The second kappa shape index (κ2) is 7.42. The van der Waals surface area contributed by atoms with E-state index in [0.29, 0.717) is 5.56 Å². The summed E-state index contributed by atoms with van der Waals surface area (Å²) in [5.41, 5.74) is 1.89. The molecule has 4 nitrogen and oxygen atoms in total. The molecule has 1 heterocycles. The van der Waals surface area contributed by atoms with Crippen LogP contribution in [0, 0.1) is 0 Å². The number of nitrogens with one attached hydrogen (secondary N) is 1. The lowest BCUT2D eigenvalue weighted by molar-refractivity contribution is -0.125. The highest BCUT2D eigenvalue weighted by atomic mass is 16.2. The molecule has 1 atom stereocenters. The van der Waals surface area contributed by atoms with Gasteiger partial charge in [-0.3, -0.25) is 9.59 Å². The number of benzene rings is 2. The molecule has 28 heavy (non-hydrogen) atoms. The number of para-hydroxylation sites is 1. The maximum Gasteiger partial charge on any atom is 0.259 e. The number of nitrogens with zero attached hydrogens (tertiary/aromatic N) is 1. The molecule has 4 rings (SSSR count). The van der Waals surface area contributed by atoms with Crippen LogP contribution in [0.2, 0.25) is 0 Å². The number of hydrogen-bond acceptors (Lipinski definition) is 2. The van der Waals surface area contributed by atoms with Gasteiger partial charge in [-0.2, -0.15) is 0 Å². The van der Waals surface area contributed by atoms with Crippen LogP contribution >= 0.6 is 0 Å². The summed E-state index contributed by atoms with van der Waals surface area (Å²) in [7, 11) is 0. The van der Waals surface area contributed by atoms with Gasteiger partial charge in [-0.1, -0.05) is 55.7 Å². The Balaban J connectivity index is 1.94. The summed E-state index contributed by atoms with van der Waals surface area (Å²) in [5.74, 6) is -0.320. The third-order valence-electron chi connectivity index (χ3n) is 6.11. The maximum absolute atomic E-state index is 13.7. The SMILES string of the molecule is CC(C)NC(=O)[C@H]1c2ccccc2C(=O)N(c2ccccc2)C12CCCCC2. The van der Waals surface area contributed by atoms with Gasteiger partial charge in [0.25, 0.3) is 5.91 Å². The molecule has 1 spiro atoms. The maximum atomic E-state index is 13.7. The van der Waals surface area contributed by atoms with Gasteiger partial charge in [0, 0.05) is 17.3 Å². The lowest BCUT2D eigenvalue weighted by Gasteiger charge is -2.53. The van der Waals surface area contributed by atoms with Gasteiger partial charge in [-0.25, -0.2) is 0 Å². The Bertz CT molecular complexity index is 869.